The van der Waals surface area contributed by atoms with Crippen LogP contribution < -0.4 is 15.4 Å². The minimum atomic E-state index is -0.246. The number of nitrogens with one attached hydrogen (secondary N) is 2. The first kappa shape index (κ1) is 16.8. The minimum absolute atomic E-state index is 0.246. The number of amides is 1. The molecule has 0 atom stereocenters. The summed E-state index contributed by atoms with van der Waals surface area (Å²) in [6.45, 7) is 0. The van der Waals surface area contributed by atoms with E-state index in [1.54, 1.807) is 55.8 Å². The van der Waals surface area contributed by atoms with Crippen LogP contribution in [0.25, 0.3) is 0 Å². The maximum absolute atomic E-state index is 12.3. The number of hydrogen-bond donors (Lipinski definition) is 2. The largest absolute Gasteiger partial charge is 0.497 e. The molecule has 0 radical (unpaired) electrons. The molecular weight excluding hydrogens is 338 g/mol. The molecule has 25 heavy (non-hydrogen) atoms. The molecule has 0 saturated heterocycles. The zero-order valence-electron chi connectivity index (χ0n) is 13.5. The van der Waals surface area contributed by atoms with E-state index in [1.807, 2.05) is 18.2 Å². The molecule has 6 heteroatoms. The number of halogens is 1. The summed E-state index contributed by atoms with van der Waals surface area (Å²) in [5.74, 6) is 0.849. The number of carbonyl (C=O) groups is 1. The lowest BCUT2D eigenvalue weighted by Crippen LogP contribution is -2.12. The first-order valence-electron chi connectivity index (χ1n) is 7.58. The maximum atomic E-state index is 12.3. The van der Waals surface area contributed by atoms with Crippen LogP contribution in [0.2, 0.25) is 5.02 Å². The van der Waals surface area contributed by atoms with E-state index in [0.29, 0.717) is 22.2 Å². The fraction of sp³-hybridized carbons (Fsp3) is 0.0526. The summed E-state index contributed by atoms with van der Waals surface area (Å²) in [5, 5.41) is 6.65. The number of carbonyl (C=O) groups excluding carboxylic acids is 1. The summed E-state index contributed by atoms with van der Waals surface area (Å²) in [7, 11) is 1.56. The van der Waals surface area contributed by atoms with Crippen LogP contribution in [0, 0.1) is 0 Å². The van der Waals surface area contributed by atoms with Gasteiger partial charge in [-0.2, -0.15) is 0 Å². The van der Waals surface area contributed by atoms with Gasteiger partial charge in [-0.15, -0.1) is 0 Å². The van der Waals surface area contributed by atoms with Gasteiger partial charge in [0.25, 0.3) is 5.91 Å². The van der Waals surface area contributed by atoms with E-state index >= 15 is 0 Å². The lowest BCUT2D eigenvalue weighted by molar-refractivity contribution is 0.102. The van der Waals surface area contributed by atoms with Crippen LogP contribution in [-0.4, -0.2) is 18.0 Å². The van der Waals surface area contributed by atoms with E-state index in [9.17, 15) is 4.79 Å². The van der Waals surface area contributed by atoms with Crippen molar-refractivity contribution in [3.05, 3.63) is 77.4 Å². The third-order valence-corrected chi connectivity index (χ3v) is 3.72. The van der Waals surface area contributed by atoms with E-state index < -0.39 is 0 Å². The molecule has 126 valence electrons. The number of ether oxygens (including phenoxy) is 1. The molecule has 0 unspecified atom stereocenters. The number of methoxy groups -OCH3 is 1. The summed E-state index contributed by atoms with van der Waals surface area (Å²) < 4.78 is 5.12. The van der Waals surface area contributed by atoms with Crippen molar-refractivity contribution in [2.24, 2.45) is 0 Å². The van der Waals surface area contributed by atoms with Crippen molar-refractivity contribution in [1.29, 1.82) is 0 Å². The molecule has 3 rings (SSSR count). The normalized spacial score (nSPS) is 10.2. The molecule has 0 bridgehead atoms. The monoisotopic (exact) mass is 353 g/mol. The molecule has 1 amide bonds. The van der Waals surface area contributed by atoms with Crippen molar-refractivity contribution in [2.45, 2.75) is 0 Å². The van der Waals surface area contributed by atoms with Crippen molar-refractivity contribution >= 4 is 34.7 Å². The second-order valence-corrected chi connectivity index (χ2v) is 5.69. The highest BCUT2D eigenvalue weighted by atomic mass is 35.5. The zero-order valence-corrected chi connectivity index (χ0v) is 14.2. The van der Waals surface area contributed by atoms with E-state index in [-0.39, 0.29) is 5.91 Å². The third-order valence-electron chi connectivity index (χ3n) is 3.47. The molecule has 2 N–H and O–H groups in total. The predicted molar refractivity (Wildman–Crippen MR) is 99.9 cm³/mol. The molecule has 0 saturated carbocycles. The molecule has 0 aliphatic heterocycles. The smallest absolute Gasteiger partial charge is 0.256 e. The number of rotatable bonds is 5. The minimum Gasteiger partial charge on any atom is -0.497 e. The highest BCUT2D eigenvalue weighted by Gasteiger charge is 2.08. The van der Waals surface area contributed by atoms with Gasteiger partial charge < -0.3 is 15.4 Å². The van der Waals surface area contributed by atoms with E-state index in [1.165, 1.54) is 0 Å². The molecule has 0 fully saturated rings. The van der Waals surface area contributed by atoms with Gasteiger partial charge in [-0.25, -0.2) is 4.98 Å². The first-order valence-corrected chi connectivity index (χ1v) is 7.96. The van der Waals surface area contributed by atoms with Crippen LogP contribution in [-0.2, 0) is 0 Å². The summed E-state index contributed by atoms with van der Waals surface area (Å²) in [5.41, 5.74) is 2.21. The highest BCUT2D eigenvalue weighted by molar-refractivity contribution is 6.30. The number of benzene rings is 2. The second kappa shape index (κ2) is 7.68. The van der Waals surface area contributed by atoms with Crippen molar-refractivity contribution < 1.29 is 9.53 Å². The Morgan fingerprint density at radius 1 is 1.04 bits per heavy atom. The van der Waals surface area contributed by atoms with Gasteiger partial charge in [0.2, 0.25) is 0 Å². The summed E-state index contributed by atoms with van der Waals surface area (Å²) in [4.78, 5) is 16.5. The molecule has 1 aromatic heterocycles. The highest BCUT2D eigenvalue weighted by Crippen LogP contribution is 2.20. The van der Waals surface area contributed by atoms with Crippen molar-refractivity contribution in [3.8, 4) is 5.75 Å². The van der Waals surface area contributed by atoms with Crippen LogP contribution in [0.3, 0.4) is 0 Å². The first-order chi connectivity index (χ1) is 12.1. The van der Waals surface area contributed by atoms with Crippen LogP contribution in [0.15, 0.2) is 66.9 Å². The fourth-order valence-corrected chi connectivity index (χ4v) is 2.32. The lowest BCUT2D eigenvalue weighted by Gasteiger charge is -2.08. The maximum Gasteiger partial charge on any atom is 0.256 e. The van der Waals surface area contributed by atoms with Crippen molar-refractivity contribution in [3.63, 3.8) is 0 Å². The number of pyridine rings is 1. The Bertz CT molecular complexity index is 865. The number of nitrogens with zero attached hydrogens (tertiary/aromatic N) is 1. The Morgan fingerprint density at radius 3 is 2.48 bits per heavy atom. The number of aromatic nitrogens is 1. The average Bonchev–Trinajstić information content (AvgIpc) is 2.65. The van der Waals surface area contributed by atoms with Gasteiger partial charge in [-0.05, 0) is 54.6 Å². The van der Waals surface area contributed by atoms with Gasteiger partial charge in [0, 0.05) is 16.3 Å². The van der Waals surface area contributed by atoms with E-state index in [2.05, 4.69) is 15.6 Å². The van der Waals surface area contributed by atoms with E-state index in [0.717, 1.165) is 11.4 Å². The van der Waals surface area contributed by atoms with Crippen LogP contribution >= 0.6 is 11.6 Å². The van der Waals surface area contributed by atoms with Gasteiger partial charge in [-0.1, -0.05) is 17.7 Å². The van der Waals surface area contributed by atoms with Crippen LogP contribution in [0.5, 0.6) is 5.75 Å². The number of anilines is 3. The molecule has 0 spiro atoms. The van der Waals surface area contributed by atoms with Gasteiger partial charge in [0.05, 0.1) is 19.0 Å². The van der Waals surface area contributed by atoms with Crippen LogP contribution in [0.1, 0.15) is 10.4 Å². The molecule has 2 aromatic carbocycles. The Labute approximate surface area is 150 Å². The van der Waals surface area contributed by atoms with Gasteiger partial charge in [-0.3, -0.25) is 4.79 Å². The Morgan fingerprint density at radius 2 is 1.80 bits per heavy atom. The Hall–Kier alpha value is -3.05. The van der Waals surface area contributed by atoms with Crippen LogP contribution in [0.4, 0.5) is 17.2 Å². The standard InChI is InChI=1S/C19H16ClN3O2/c1-25-17-4-2-3-13(11-17)19(24)23-18-10-9-16(12-21-18)22-15-7-5-14(20)6-8-15/h2-12,22H,1H3,(H,21,23,24). The fourth-order valence-electron chi connectivity index (χ4n) is 2.19. The molecule has 0 aliphatic rings. The third kappa shape index (κ3) is 4.49. The molecule has 3 aromatic rings. The van der Waals surface area contributed by atoms with Gasteiger partial charge >= 0.3 is 0 Å². The molecule has 0 aliphatic carbocycles. The van der Waals surface area contributed by atoms with Crippen molar-refractivity contribution in [2.75, 3.05) is 17.7 Å². The second-order valence-electron chi connectivity index (χ2n) is 5.25. The van der Waals surface area contributed by atoms with E-state index in [4.69, 9.17) is 16.3 Å². The predicted octanol–water partition coefficient (Wildman–Crippen LogP) is 4.74. The summed E-state index contributed by atoms with van der Waals surface area (Å²) >= 11 is 5.87. The van der Waals surface area contributed by atoms with Crippen molar-refractivity contribution in [1.82, 2.24) is 4.98 Å². The summed E-state index contributed by atoms with van der Waals surface area (Å²) in [6.07, 6.45) is 1.65. The molecular formula is C19H16ClN3O2. The lowest BCUT2D eigenvalue weighted by atomic mass is 10.2. The molecule has 1 heterocycles. The van der Waals surface area contributed by atoms with Gasteiger partial charge in [0.15, 0.2) is 0 Å². The summed E-state index contributed by atoms with van der Waals surface area (Å²) in [6, 6.07) is 17.9. The molecule has 5 nitrogen and oxygen atoms in total. The SMILES string of the molecule is COc1cccc(C(=O)Nc2ccc(Nc3ccc(Cl)cc3)cn2)c1. The quantitative estimate of drug-likeness (QED) is 0.695. The Balaban J connectivity index is 1.65. The topological polar surface area (TPSA) is 63.2 Å². The Kier molecular flexibility index (Phi) is 5.16. The number of hydrogen-bond acceptors (Lipinski definition) is 4. The zero-order chi connectivity index (χ0) is 17.6. The average molecular weight is 354 g/mol. The van der Waals surface area contributed by atoms with Gasteiger partial charge in [0.1, 0.15) is 11.6 Å².